The van der Waals surface area contributed by atoms with Gasteiger partial charge in [0.15, 0.2) is 0 Å². The highest BCUT2D eigenvalue weighted by atomic mass is 32.2. The van der Waals surface area contributed by atoms with Crippen LogP contribution in [0.4, 0.5) is 4.79 Å². The van der Waals surface area contributed by atoms with Gasteiger partial charge in [-0.3, -0.25) is 4.68 Å². The zero-order valence-electron chi connectivity index (χ0n) is 21.6. The molecule has 2 aromatic carbocycles. The number of nitrogens with one attached hydrogen (secondary N) is 2. The third kappa shape index (κ3) is 5.43. The lowest BCUT2D eigenvalue weighted by Gasteiger charge is -2.21. The Bertz CT molecular complexity index is 1350. The van der Waals surface area contributed by atoms with Crippen LogP contribution >= 0.6 is 0 Å². The summed E-state index contributed by atoms with van der Waals surface area (Å²) in [6.07, 6.45) is 2.41. The first-order chi connectivity index (χ1) is 17.8. The number of amides is 2. The molecule has 1 saturated heterocycles. The summed E-state index contributed by atoms with van der Waals surface area (Å²) < 4.78 is 28.4. The number of nitrogens with zero attached hydrogens (tertiary/aromatic N) is 3. The average Bonchev–Trinajstić information content (AvgIpc) is 3.50. The number of aromatic nitrogens is 2. The van der Waals surface area contributed by atoms with E-state index in [1.165, 1.54) is 36.8 Å². The van der Waals surface area contributed by atoms with Gasteiger partial charge in [-0.15, -0.1) is 0 Å². The fourth-order valence-corrected chi connectivity index (χ4v) is 5.93. The quantitative estimate of drug-likeness (QED) is 0.461. The normalized spacial score (nSPS) is 19.9. The van der Waals surface area contributed by atoms with Crippen molar-refractivity contribution in [3.8, 4) is 0 Å². The third-order valence-corrected chi connectivity index (χ3v) is 8.86. The van der Waals surface area contributed by atoms with Crippen molar-refractivity contribution >= 4 is 16.1 Å². The van der Waals surface area contributed by atoms with Gasteiger partial charge in [0.25, 0.3) is 0 Å². The minimum absolute atomic E-state index is 0.117. The Morgan fingerprint density at radius 2 is 1.70 bits per heavy atom. The molecular weight excluding hydrogens is 486 g/mol. The Kier molecular flexibility index (Phi) is 7.09. The predicted octanol–water partition coefficient (Wildman–Crippen LogP) is 4.34. The van der Waals surface area contributed by atoms with Crippen molar-refractivity contribution in [2.24, 2.45) is 0 Å². The number of carbonyl (C=O) groups excluding carboxylic acids is 1. The molecule has 1 saturated carbocycles. The molecular formula is C28H35N5O3S. The van der Waals surface area contributed by atoms with Crippen molar-refractivity contribution < 1.29 is 13.2 Å². The van der Waals surface area contributed by atoms with Gasteiger partial charge in [0, 0.05) is 49.1 Å². The van der Waals surface area contributed by atoms with Crippen LogP contribution in [-0.4, -0.2) is 49.3 Å². The van der Waals surface area contributed by atoms with Crippen molar-refractivity contribution in [2.45, 2.75) is 61.9 Å². The summed E-state index contributed by atoms with van der Waals surface area (Å²) in [6, 6.07) is 19.4. The van der Waals surface area contributed by atoms with Gasteiger partial charge in [0.1, 0.15) is 0 Å². The van der Waals surface area contributed by atoms with E-state index in [2.05, 4.69) is 58.9 Å². The van der Waals surface area contributed by atoms with Crippen molar-refractivity contribution in [2.75, 3.05) is 20.1 Å². The molecule has 1 aliphatic carbocycles. The summed E-state index contributed by atoms with van der Waals surface area (Å²) >= 11 is 0. The van der Waals surface area contributed by atoms with Crippen LogP contribution < -0.4 is 10.0 Å². The van der Waals surface area contributed by atoms with E-state index in [0.717, 1.165) is 5.56 Å². The molecule has 0 radical (unpaired) electrons. The second-order valence-corrected chi connectivity index (χ2v) is 12.2. The zero-order chi connectivity index (χ0) is 26.2. The minimum atomic E-state index is -3.49. The molecule has 0 bridgehead atoms. The smallest absolute Gasteiger partial charge is 0.317 e. The van der Waals surface area contributed by atoms with Gasteiger partial charge in [-0.1, -0.05) is 42.5 Å². The van der Waals surface area contributed by atoms with Crippen LogP contribution in [0.15, 0.2) is 65.6 Å². The summed E-state index contributed by atoms with van der Waals surface area (Å²) in [5, 5.41) is 8.00. The first kappa shape index (κ1) is 25.5. The zero-order valence-corrected chi connectivity index (χ0v) is 22.4. The second-order valence-electron chi connectivity index (χ2n) is 10.3. The number of likely N-dealkylation sites (tertiary alicyclic amines) is 1. The molecule has 37 heavy (non-hydrogen) atoms. The molecule has 2 N–H and O–H groups in total. The maximum atomic E-state index is 13.3. The third-order valence-electron chi connectivity index (χ3n) is 7.43. The summed E-state index contributed by atoms with van der Waals surface area (Å²) in [7, 11) is -2.10. The molecule has 3 aromatic rings. The van der Waals surface area contributed by atoms with Gasteiger partial charge in [-0.25, -0.2) is 17.9 Å². The van der Waals surface area contributed by atoms with E-state index in [4.69, 9.17) is 5.10 Å². The fraction of sp³-hybridized carbons (Fsp3) is 0.429. The van der Waals surface area contributed by atoms with Crippen molar-refractivity contribution in [1.29, 1.82) is 0 Å². The Hall–Kier alpha value is -3.17. The molecule has 2 atom stereocenters. The second kappa shape index (κ2) is 10.3. The predicted molar refractivity (Wildman–Crippen MR) is 143 cm³/mol. The number of rotatable bonds is 8. The van der Waals surface area contributed by atoms with Crippen LogP contribution in [0.2, 0.25) is 0 Å². The molecule has 1 aliphatic heterocycles. The molecule has 0 spiro atoms. The maximum Gasteiger partial charge on any atom is 0.317 e. The fourth-order valence-electron chi connectivity index (χ4n) is 5.20. The van der Waals surface area contributed by atoms with Gasteiger partial charge in [0.2, 0.25) is 10.0 Å². The van der Waals surface area contributed by atoms with Gasteiger partial charge >= 0.3 is 6.03 Å². The number of hydrogen-bond acceptors (Lipinski definition) is 4. The number of hydrogen-bond donors (Lipinski definition) is 2. The monoisotopic (exact) mass is 521 g/mol. The molecule has 2 unspecified atom stereocenters. The number of urea groups is 1. The van der Waals surface area contributed by atoms with E-state index in [1.54, 1.807) is 24.3 Å². The van der Waals surface area contributed by atoms with Gasteiger partial charge < -0.3 is 10.2 Å². The van der Waals surface area contributed by atoms with E-state index >= 15 is 0 Å². The molecule has 9 heteroatoms. The molecule has 2 heterocycles. The highest BCUT2D eigenvalue weighted by Gasteiger charge is 2.40. The van der Waals surface area contributed by atoms with Crippen LogP contribution in [0.25, 0.3) is 0 Å². The Morgan fingerprint density at radius 1 is 1.03 bits per heavy atom. The van der Waals surface area contributed by atoms with Crippen LogP contribution in [0.1, 0.15) is 73.0 Å². The Morgan fingerprint density at radius 3 is 2.32 bits per heavy atom. The lowest BCUT2D eigenvalue weighted by Crippen LogP contribution is -2.38. The first-order valence-corrected chi connectivity index (χ1v) is 14.4. The SMILES string of the molecule is CNS(=O)(=O)c1ccc(CNC(=O)N2CC(c3ccccc3)C(c3cc(C4CC4)nn3C(C)C)C2)cc1. The Labute approximate surface area is 219 Å². The van der Waals surface area contributed by atoms with E-state index in [9.17, 15) is 13.2 Å². The van der Waals surface area contributed by atoms with E-state index < -0.39 is 10.0 Å². The van der Waals surface area contributed by atoms with Crippen LogP contribution in [0.3, 0.4) is 0 Å². The largest absolute Gasteiger partial charge is 0.334 e. The first-order valence-electron chi connectivity index (χ1n) is 13.0. The summed E-state index contributed by atoms with van der Waals surface area (Å²) in [5.74, 6) is 0.907. The highest BCUT2D eigenvalue weighted by Crippen LogP contribution is 2.44. The molecule has 196 valence electrons. The van der Waals surface area contributed by atoms with Crippen molar-refractivity contribution in [3.63, 3.8) is 0 Å². The lowest BCUT2D eigenvalue weighted by molar-refractivity contribution is 0.207. The van der Waals surface area contributed by atoms with Gasteiger partial charge in [0.05, 0.1) is 10.6 Å². The summed E-state index contributed by atoms with van der Waals surface area (Å²) in [4.78, 5) is 15.4. The van der Waals surface area contributed by atoms with Crippen LogP contribution in [-0.2, 0) is 16.6 Å². The highest BCUT2D eigenvalue weighted by molar-refractivity contribution is 7.89. The van der Waals surface area contributed by atoms with Gasteiger partial charge in [-0.05, 0) is 63.1 Å². The minimum Gasteiger partial charge on any atom is -0.334 e. The van der Waals surface area contributed by atoms with Crippen molar-refractivity contribution in [1.82, 2.24) is 24.7 Å². The molecule has 5 rings (SSSR count). The summed E-state index contributed by atoms with van der Waals surface area (Å²) in [5.41, 5.74) is 4.46. The number of sulfonamides is 1. The molecule has 8 nitrogen and oxygen atoms in total. The standard InChI is InChI=1S/C28H35N5O3S/c1-19(2)33-27(15-26(31-33)22-11-12-22)25-18-32(17-24(25)21-7-5-4-6-8-21)28(34)30-16-20-9-13-23(14-10-20)37(35,36)29-3/h4-10,13-15,19,22,24-25,29H,11-12,16-18H2,1-3H3,(H,30,34). The van der Waals surface area contributed by atoms with Gasteiger partial charge in [-0.2, -0.15) is 5.10 Å². The lowest BCUT2D eigenvalue weighted by atomic mass is 9.86. The van der Waals surface area contributed by atoms with Crippen LogP contribution in [0.5, 0.6) is 0 Å². The van der Waals surface area contributed by atoms with Crippen molar-refractivity contribution in [3.05, 3.63) is 83.2 Å². The van der Waals surface area contributed by atoms with E-state index in [-0.39, 0.29) is 28.8 Å². The summed E-state index contributed by atoms with van der Waals surface area (Å²) in [6.45, 7) is 5.90. The van der Waals surface area contributed by atoms with E-state index in [0.29, 0.717) is 25.6 Å². The Balaban J connectivity index is 1.34. The molecule has 1 aromatic heterocycles. The molecule has 2 aliphatic rings. The maximum absolute atomic E-state index is 13.3. The topological polar surface area (TPSA) is 96.3 Å². The molecule has 2 amide bonds. The van der Waals surface area contributed by atoms with Crippen LogP contribution in [0, 0.1) is 0 Å². The van der Waals surface area contributed by atoms with E-state index in [1.807, 2.05) is 11.0 Å². The molecule has 2 fully saturated rings. The number of carbonyl (C=O) groups is 1. The average molecular weight is 522 g/mol. The number of benzene rings is 2.